The van der Waals surface area contributed by atoms with Crippen molar-refractivity contribution < 1.29 is 32.9 Å². The molecule has 0 aliphatic rings. The van der Waals surface area contributed by atoms with E-state index in [0.29, 0.717) is 17.0 Å². The summed E-state index contributed by atoms with van der Waals surface area (Å²) < 4.78 is 40.7. The number of carboxylic acid groups (broad SMARTS) is 1. The molecule has 2 aromatic rings. The molecule has 0 bridgehead atoms. The van der Waals surface area contributed by atoms with Crippen LogP contribution in [0.2, 0.25) is 0 Å². The molecule has 0 aliphatic heterocycles. The molecule has 0 radical (unpaired) electrons. The number of hydrogen-bond acceptors (Lipinski definition) is 6. The molecule has 1 aromatic heterocycles. The first-order valence-electron chi connectivity index (χ1n) is 10.2. The van der Waals surface area contributed by atoms with Crippen molar-refractivity contribution in [1.82, 2.24) is 9.55 Å². The van der Waals surface area contributed by atoms with Crippen LogP contribution in [0.1, 0.15) is 44.8 Å². The number of aliphatic hydroxyl groups excluding tert-OH is 2. The number of carboxylic acids is 1. The zero-order valence-corrected chi connectivity index (χ0v) is 19.4. The lowest BCUT2D eigenvalue weighted by atomic mass is 10.0. The number of anilines is 1. The van der Waals surface area contributed by atoms with E-state index < -0.39 is 40.4 Å². The van der Waals surface area contributed by atoms with E-state index in [1.807, 2.05) is 13.8 Å². The van der Waals surface area contributed by atoms with Crippen molar-refractivity contribution in [2.45, 2.75) is 57.8 Å². The molecular weight excluding hydrogens is 441 g/mol. The Bertz CT molecular complexity index is 1040. The minimum atomic E-state index is -3.61. The molecular formula is C21H30FN3O6S. The summed E-state index contributed by atoms with van der Waals surface area (Å²) in [5.41, 5.74) is 1.69. The summed E-state index contributed by atoms with van der Waals surface area (Å²) in [5.74, 6) is -1.39. The van der Waals surface area contributed by atoms with E-state index in [2.05, 4.69) is 4.98 Å². The third kappa shape index (κ3) is 6.50. The number of rotatable bonds is 11. The van der Waals surface area contributed by atoms with Crippen molar-refractivity contribution in [1.29, 1.82) is 0 Å². The predicted molar refractivity (Wildman–Crippen MR) is 118 cm³/mol. The van der Waals surface area contributed by atoms with Gasteiger partial charge in [-0.1, -0.05) is 0 Å². The zero-order chi connectivity index (χ0) is 24.2. The summed E-state index contributed by atoms with van der Waals surface area (Å²) in [4.78, 5) is 15.3. The van der Waals surface area contributed by atoms with E-state index in [0.717, 1.165) is 10.6 Å². The number of aromatic nitrogens is 2. The van der Waals surface area contributed by atoms with Gasteiger partial charge in [0.25, 0.3) is 0 Å². The molecule has 3 N–H and O–H groups in total. The lowest BCUT2D eigenvalue weighted by Crippen LogP contribution is -2.29. The van der Waals surface area contributed by atoms with Crippen LogP contribution in [-0.4, -0.2) is 64.8 Å². The van der Waals surface area contributed by atoms with Crippen molar-refractivity contribution in [3.63, 3.8) is 0 Å². The number of imidazole rings is 1. The number of aliphatic carboxylic acids is 1. The first-order valence-corrected chi connectivity index (χ1v) is 12.0. The van der Waals surface area contributed by atoms with Crippen LogP contribution in [0.15, 0.2) is 24.3 Å². The fourth-order valence-corrected chi connectivity index (χ4v) is 3.89. The SMILES string of the molecule is CC(C)n1c(N(C)S(C)(=O)=O)nc(-c2ccc(F)cc2)c1CCC(O)CC(O)CC(=O)O. The number of aliphatic hydroxyl groups is 2. The Labute approximate surface area is 187 Å². The second-order valence-electron chi connectivity index (χ2n) is 8.09. The van der Waals surface area contributed by atoms with E-state index in [1.165, 1.54) is 19.2 Å². The Morgan fingerprint density at radius 1 is 1.19 bits per heavy atom. The summed E-state index contributed by atoms with van der Waals surface area (Å²) >= 11 is 0. The summed E-state index contributed by atoms with van der Waals surface area (Å²) in [6.07, 6.45) is -1.20. The van der Waals surface area contributed by atoms with Gasteiger partial charge in [0.1, 0.15) is 5.82 Å². The Morgan fingerprint density at radius 2 is 1.78 bits per heavy atom. The average Bonchev–Trinajstić information content (AvgIpc) is 3.04. The maximum absolute atomic E-state index is 13.5. The Hall–Kier alpha value is -2.50. The highest BCUT2D eigenvalue weighted by molar-refractivity contribution is 7.92. The van der Waals surface area contributed by atoms with Gasteiger partial charge in [0.2, 0.25) is 16.0 Å². The topological polar surface area (TPSA) is 133 Å². The highest BCUT2D eigenvalue weighted by atomic mass is 32.2. The van der Waals surface area contributed by atoms with Gasteiger partial charge in [-0.2, -0.15) is 0 Å². The van der Waals surface area contributed by atoms with Crippen LogP contribution < -0.4 is 4.31 Å². The summed E-state index contributed by atoms with van der Waals surface area (Å²) in [6, 6.07) is 5.47. The monoisotopic (exact) mass is 471 g/mol. The second-order valence-corrected chi connectivity index (χ2v) is 10.1. The molecule has 2 atom stereocenters. The molecule has 0 aliphatic carbocycles. The van der Waals surface area contributed by atoms with Crippen LogP contribution in [0, 0.1) is 5.82 Å². The van der Waals surface area contributed by atoms with Crippen LogP contribution in [0.3, 0.4) is 0 Å². The van der Waals surface area contributed by atoms with E-state index in [1.54, 1.807) is 16.7 Å². The number of sulfonamides is 1. The molecule has 0 saturated heterocycles. The normalized spacial score (nSPS) is 13.9. The summed E-state index contributed by atoms with van der Waals surface area (Å²) in [6.45, 7) is 3.73. The van der Waals surface area contributed by atoms with Crippen LogP contribution >= 0.6 is 0 Å². The minimum Gasteiger partial charge on any atom is -0.481 e. The number of carbonyl (C=O) groups is 1. The Balaban J connectivity index is 2.47. The van der Waals surface area contributed by atoms with Crippen molar-refractivity contribution in [3.05, 3.63) is 35.8 Å². The van der Waals surface area contributed by atoms with Gasteiger partial charge in [0.15, 0.2) is 0 Å². The maximum atomic E-state index is 13.5. The van der Waals surface area contributed by atoms with Crippen molar-refractivity contribution in [2.75, 3.05) is 17.6 Å². The van der Waals surface area contributed by atoms with Gasteiger partial charge >= 0.3 is 5.97 Å². The van der Waals surface area contributed by atoms with Gasteiger partial charge < -0.3 is 19.9 Å². The van der Waals surface area contributed by atoms with Crippen molar-refractivity contribution >= 4 is 21.9 Å². The molecule has 0 amide bonds. The Morgan fingerprint density at radius 3 is 2.28 bits per heavy atom. The van der Waals surface area contributed by atoms with Gasteiger partial charge in [-0.05, 0) is 57.4 Å². The smallest absolute Gasteiger partial charge is 0.305 e. The van der Waals surface area contributed by atoms with Crippen LogP contribution in [0.25, 0.3) is 11.3 Å². The van der Waals surface area contributed by atoms with Gasteiger partial charge in [0, 0.05) is 24.3 Å². The molecule has 1 aromatic carbocycles. The van der Waals surface area contributed by atoms with Crippen LogP contribution in [0.4, 0.5) is 10.3 Å². The molecule has 0 saturated carbocycles. The predicted octanol–water partition coefficient (Wildman–Crippen LogP) is 2.19. The van der Waals surface area contributed by atoms with E-state index in [9.17, 15) is 27.8 Å². The van der Waals surface area contributed by atoms with Crippen molar-refractivity contribution in [3.8, 4) is 11.3 Å². The zero-order valence-electron chi connectivity index (χ0n) is 18.6. The molecule has 0 spiro atoms. The van der Waals surface area contributed by atoms with Crippen LogP contribution in [-0.2, 0) is 21.2 Å². The van der Waals surface area contributed by atoms with Gasteiger partial charge in [-0.3, -0.25) is 4.79 Å². The van der Waals surface area contributed by atoms with Crippen molar-refractivity contribution in [2.24, 2.45) is 0 Å². The Kier molecular flexibility index (Phi) is 8.38. The molecule has 1 heterocycles. The fourth-order valence-electron chi connectivity index (χ4n) is 3.46. The largest absolute Gasteiger partial charge is 0.481 e. The van der Waals surface area contributed by atoms with Gasteiger partial charge in [-0.15, -0.1) is 0 Å². The molecule has 178 valence electrons. The number of hydrogen-bond donors (Lipinski definition) is 3. The lowest BCUT2D eigenvalue weighted by molar-refractivity contribution is -0.139. The maximum Gasteiger partial charge on any atom is 0.305 e. The molecule has 0 fully saturated rings. The van der Waals surface area contributed by atoms with Crippen LogP contribution in [0.5, 0.6) is 0 Å². The molecule has 11 heteroatoms. The average molecular weight is 472 g/mol. The third-order valence-electron chi connectivity index (χ3n) is 5.07. The third-order valence-corrected chi connectivity index (χ3v) is 6.23. The molecule has 9 nitrogen and oxygen atoms in total. The minimum absolute atomic E-state index is 0.107. The van der Waals surface area contributed by atoms with E-state index in [-0.39, 0.29) is 31.3 Å². The number of benzene rings is 1. The fraction of sp³-hybridized carbons (Fsp3) is 0.524. The standard InChI is InChI=1S/C21H30FN3O6S/c1-13(2)25-18(10-9-16(26)11-17(27)12-19(28)29)20(14-5-7-15(22)8-6-14)23-21(25)24(3)32(4,30)31/h5-8,13,16-17,26-27H,9-12H2,1-4H3,(H,28,29). The summed E-state index contributed by atoms with van der Waals surface area (Å²) in [7, 11) is -2.22. The van der Waals surface area contributed by atoms with Gasteiger partial charge in [0.05, 0.1) is 30.6 Å². The molecule has 2 unspecified atom stereocenters. The quantitative estimate of drug-likeness (QED) is 0.457. The molecule has 32 heavy (non-hydrogen) atoms. The summed E-state index contributed by atoms with van der Waals surface area (Å²) in [5, 5.41) is 28.9. The number of nitrogens with zero attached hydrogens (tertiary/aromatic N) is 3. The van der Waals surface area contributed by atoms with Gasteiger partial charge in [-0.25, -0.2) is 22.1 Å². The second kappa shape index (κ2) is 10.4. The first kappa shape index (κ1) is 25.8. The van der Waals surface area contributed by atoms with E-state index >= 15 is 0 Å². The number of halogens is 1. The van der Waals surface area contributed by atoms with E-state index in [4.69, 9.17) is 5.11 Å². The highest BCUT2D eigenvalue weighted by Gasteiger charge is 2.27. The first-order chi connectivity index (χ1) is 14.8. The lowest BCUT2D eigenvalue weighted by Gasteiger charge is -2.22. The highest BCUT2D eigenvalue weighted by Crippen LogP contribution is 2.33. The molecule has 2 rings (SSSR count).